The van der Waals surface area contributed by atoms with Crippen molar-refractivity contribution in [3.63, 3.8) is 0 Å². The first-order chi connectivity index (χ1) is 27.8. The summed E-state index contributed by atoms with van der Waals surface area (Å²) in [5.41, 5.74) is -0.435. The number of carbonyl (C=O) groups is 2. The minimum atomic E-state index is -1.21. The molecule has 8 aliphatic rings. The third-order valence-corrected chi connectivity index (χ3v) is 22.5. The van der Waals surface area contributed by atoms with Crippen molar-refractivity contribution in [3.8, 4) is 0 Å². The third-order valence-electron chi connectivity index (χ3n) is 20.9. The molecule has 59 heavy (non-hydrogen) atoms. The summed E-state index contributed by atoms with van der Waals surface area (Å²) in [5, 5.41) is 65.0. The number of carboxylic acids is 2. The van der Waals surface area contributed by atoms with Crippen molar-refractivity contribution in [2.75, 3.05) is 0 Å². The molecule has 0 aromatic carbocycles. The van der Waals surface area contributed by atoms with E-state index in [9.17, 15) is 40.2 Å². The monoisotopic (exact) mass is 941 g/mol. The number of aliphatic hydroxyl groups is 4. The summed E-state index contributed by atoms with van der Waals surface area (Å²) in [6.07, 6.45) is 12.2. The van der Waals surface area contributed by atoms with Crippen LogP contribution < -0.4 is 22.0 Å². The van der Waals surface area contributed by atoms with Crippen LogP contribution in [0.25, 0.3) is 0 Å². The molecule has 0 amide bonds. The fraction of sp³-hybridized carbons (Fsp3) is 0.958. The van der Waals surface area contributed by atoms with Crippen molar-refractivity contribution in [1.29, 1.82) is 0 Å². The fourth-order valence-electron chi connectivity index (χ4n) is 17.7. The molecular weight excluding hydrogens is 863 g/mol. The Morgan fingerprint density at radius 3 is 1.34 bits per heavy atom. The minimum absolute atomic E-state index is 0.0157. The summed E-state index contributed by atoms with van der Waals surface area (Å²) in [6, 6.07) is 0. The molecule has 0 aliphatic heterocycles. The van der Waals surface area contributed by atoms with Crippen LogP contribution in [0.15, 0.2) is 0 Å². The Labute approximate surface area is 365 Å². The van der Waals surface area contributed by atoms with Gasteiger partial charge in [0.15, 0.2) is 0 Å². The van der Waals surface area contributed by atoms with E-state index in [1.54, 1.807) is 0 Å². The molecule has 8 saturated carbocycles. The van der Waals surface area contributed by atoms with Crippen molar-refractivity contribution in [2.24, 2.45) is 92.7 Å². The van der Waals surface area contributed by atoms with Crippen LogP contribution in [-0.4, -0.2) is 79.2 Å². The molecule has 10 nitrogen and oxygen atoms in total. The summed E-state index contributed by atoms with van der Waals surface area (Å²) in [4.78, 5) is 23.6. The van der Waals surface area contributed by atoms with Crippen LogP contribution in [0, 0.1) is 92.7 Å². The molecule has 6 N–H and O–H groups in total. The second-order valence-electron chi connectivity index (χ2n) is 23.1. The Morgan fingerprint density at radius 2 is 0.966 bits per heavy atom. The number of carboxylic acid groups (broad SMARTS) is 2. The van der Waals surface area contributed by atoms with Crippen LogP contribution in [0.3, 0.4) is 0 Å². The van der Waals surface area contributed by atoms with Gasteiger partial charge in [-0.3, -0.25) is 0 Å². The van der Waals surface area contributed by atoms with Gasteiger partial charge in [-0.05, 0) is 0 Å². The van der Waals surface area contributed by atoms with E-state index in [0.717, 1.165) is 89.9 Å². The van der Waals surface area contributed by atoms with Crippen molar-refractivity contribution in [2.45, 2.75) is 194 Å². The Bertz CT molecular complexity index is 1440. The molecule has 0 bridgehead atoms. The van der Waals surface area contributed by atoms with Gasteiger partial charge in [-0.1, -0.05) is 0 Å². The molecule has 0 aromatic heterocycles. The van der Waals surface area contributed by atoms with Crippen LogP contribution in [0.4, 0.5) is 0 Å². The number of aliphatic carboxylic acids is 2. The van der Waals surface area contributed by atoms with Crippen LogP contribution in [0.5, 0.6) is 0 Å². The molecule has 11 heteroatoms. The van der Waals surface area contributed by atoms with Crippen LogP contribution in [-0.2, 0) is 15.7 Å². The SMILES string of the molecule is CC(CCC(=O)O)C1CCC2C3C(O)CC4CC(O)CCC4(C)C3CC(O[I-]OC3CC4C(C(O)CC5CC(O)CCC54C)C4CCC(C(C)CCC(=O)O)C34C)C12C. The Kier molecular flexibility index (Phi) is 12.8. The van der Waals surface area contributed by atoms with Gasteiger partial charge in [-0.25, -0.2) is 0 Å². The van der Waals surface area contributed by atoms with Gasteiger partial charge in [0.25, 0.3) is 0 Å². The average molecular weight is 942 g/mol. The Hall–Kier alpha value is -0.570. The molecule has 22 atom stereocenters. The molecule has 0 aromatic rings. The summed E-state index contributed by atoms with van der Waals surface area (Å²) in [5.74, 6) is 1.41. The van der Waals surface area contributed by atoms with Crippen LogP contribution >= 0.6 is 0 Å². The number of halogens is 1. The van der Waals surface area contributed by atoms with E-state index in [4.69, 9.17) is 6.13 Å². The van der Waals surface area contributed by atoms with E-state index < -0.39 is 46.2 Å². The number of hydrogen-bond acceptors (Lipinski definition) is 8. The summed E-state index contributed by atoms with van der Waals surface area (Å²) in [7, 11) is 0. The summed E-state index contributed by atoms with van der Waals surface area (Å²) in [6.45, 7) is 14.1. The summed E-state index contributed by atoms with van der Waals surface area (Å²) < 4.78 is 14.8. The maximum absolute atomic E-state index is 12.0. The zero-order chi connectivity index (χ0) is 42.4. The molecule has 0 saturated heterocycles. The number of rotatable bonds is 12. The summed E-state index contributed by atoms with van der Waals surface area (Å²) >= 11 is -1.21. The number of aliphatic hydroxyl groups excluding tert-OH is 4. The maximum atomic E-state index is 12.0. The van der Waals surface area contributed by atoms with Crippen molar-refractivity contribution < 1.29 is 68.4 Å². The van der Waals surface area contributed by atoms with Gasteiger partial charge in [-0.15, -0.1) is 0 Å². The van der Waals surface area contributed by atoms with Crippen molar-refractivity contribution >= 4 is 11.9 Å². The molecule has 8 fully saturated rings. The first kappa shape index (κ1) is 45.0. The predicted molar refractivity (Wildman–Crippen MR) is 218 cm³/mol. The molecule has 338 valence electrons. The second kappa shape index (κ2) is 16.8. The first-order valence-corrected chi connectivity index (χ1v) is 25.7. The zero-order valence-corrected chi connectivity index (χ0v) is 39.0. The van der Waals surface area contributed by atoms with Gasteiger partial charge >= 0.3 is 367 Å². The number of fused-ring (bicyclic) bond motifs is 10. The van der Waals surface area contributed by atoms with Gasteiger partial charge < -0.3 is 0 Å². The molecule has 8 aliphatic carbocycles. The molecule has 0 heterocycles. The van der Waals surface area contributed by atoms with E-state index in [1.165, 1.54) is 0 Å². The molecule has 0 radical (unpaired) electrons. The molecule has 22 unspecified atom stereocenters. The first-order valence-electron chi connectivity index (χ1n) is 24.0. The van der Waals surface area contributed by atoms with E-state index in [-0.39, 0.29) is 130 Å². The van der Waals surface area contributed by atoms with Gasteiger partial charge in [0.1, 0.15) is 0 Å². The van der Waals surface area contributed by atoms with Crippen LogP contribution in [0.1, 0.15) is 157 Å². The van der Waals surface area contributed by atoms with Gasteiger partial charge in [-0.2, -0.15) is 0 Å². The van der Waals surface area contributed by atoms with E-state index >= 15 is 0 Å². The average Bonchev–Trinajstić information content (AvgIpc) is 3.72. The third kappa shape index (κ3) is 7.50. The fourth-order valence-corrected chi connectivity index (χ4v) is 19.8. The normalized spacial score (nSPS) is 52.6. The van der Waals surface area contributed by atoms with Gasteiger partial charge in [0, 0.05) is 0 Å². The van der Waals surface area contributed by atoms with Gasteiger partial charge in [0.05, 0.1) is 0 Å². The molecular formula is C48H78IO10-. The Balaban J connectivity index is 1.10. The number of hydrogen-bond donors (Lipinski definition) is 6. The Morgan fingerprint density at radius 1 is 0.576 bits per heavy atom. The quantitative estimate of drug-likeness (QED) is 0.148. The van der Waals surface area contributed by atoms with E-state index in [0.29, 0.717) is 12.8 Å². The van der Waals surface area contributed by atoms with E-state index in [1.807, 2.05) is 0 Å². The molecule has 8 rings (SSSR count). The van der Waals surface area contributed by atoms with E-state index in [2.05, 4.69) is 41.5 Å². The molecule has 0 spiro atoms. The van der Waals surface area contributed by atoms with Crippen LogP contribution in [0.2, 0.25) is 0 Å². The van der Waals surface area contributed by atoms with Crippen molar-refractivity contribution in [1.82, 2.24) is 0 Å². The predicted octanol–water partition coefficient (Wildman–Crippen LogP) is 4.88. The second-order valence-corrected chi connectivity index (χ2v) is 24.4. The van der Waals surface area contributed by atoms with Crippen molar-refractivity contribution in [3.05, 3.63) is 0 Å². The zero-order valence-electron chi connectivity index (χ0n) is 36.8. The standard InChI is InChI=1S/C48H78IO10/c1-25(7-13-41(54)55)31-9-11-33-43-35(45(3)17-15-29(50)19-27(45)21-37(43)52)23-39(47(31,33)5)58-49-59-40-24-36-44(38(53)22-28-20-30(51)16-18-46(28,36)4)34-12-10-32(48(34,40)6)26(2)8-14-42(56)57/h25-40,43-44,50-53H,7-24H2,1-6H3,(H,54,55)(H,56,57)/q-1. The topological polar surface area (TPSA) is 174 Å². The van der Waals surface area contributed by atoms with Gasteiger partial charge in [0.2, 0.25) is 0 Å².